The smallest absolute Gasteiger partial charge is 0.277 e. The Morgan fingerprint density at radius 1 is 1.00 bits per heavy atom. The summed E-state index contributed by atoms with van der Waals surface area (Å²) >= 11 is 1.36. The van der Waals surface area contributed by atoms with Crippen molar-refractivity contribution in [3.05, 3.63) is 101 Å². The number of carbonyl (C=O) groups excluding carboxylic acids is 1. The Kier molecular flexibility index (Phi) is 6.04. The maximum Gasteiger partial charge on any atom is 0.277 e. The zero-order valence-electron chi connectivity index (χ0n) is 16.6. The average molecular weight is 436 g/mol. The molecule has 7 heteroatoms. The number of para-hydroxylation sites is 1. The molecule has 4 nitrogen and oxygen atoms in total. The molecule has 0 radical (unpaired) electrons. The number of amides is 1. The molecule has 0 aliphatic heterocycles. The number of aromatic nitrogens is 1. The maximum absolute atomic E-state index is 13.4. The maximum atomic E-state index is 13.4. The van der Waals surface area contributed by atoms with E-state index in [4.69, 9.17) is 4.74 Å². The van der Waals surface area contributed by atoms with E-state index < -0.39 is 11.6 Å². The number of nitrogens with zero attached hydrogens (tertiary/aromatic N) is 2. The number of hydrogen-bond donors (Lipinski definition) is 0. The highest BCUT2D eigenvalue weighted by molar-refractivity contribution is 7.13. The number of ether oxygens (including phenoxy) is 1. The van der Waals surface area contributed by atoms with Gasteiger partial charge in [-0.15, -0.1) is 11.3 Å². The van der Waals surface area contributed by atoms with Crippen LogP contribution in [-0.4, -0.2) is 17.9 Å². The highest BCUT2D eigenvalue weighted by Gasteiger charge is 2.17. The van der Waals surface area contributed by atoms with Gasteiger partial charge in [0.2, 0.25) is 0 Å². The van der Waals surface area contributed by atoms with E-state index in [9.17, 15) is 13.6 Å². The van der Waals surface area contributed by atoms with E-state index in [1.54, 1.807) is 29.5 Å². The predicted octanol–water partition coefficient (Wildman–Crippen LogP) is 5.94. The van der Waals surface area contributed by atoms with Crippen LogP contribution in [0.25, 0.3) is 10.6 Å². The molecule has 0 aliphatic carbocycles. The van der Waals surface area contributed by atoms with Gasteiger partial charge in [0.05, 0.1) is 0 Å². The number of anilines is 1. The van der Waals surface area contributed by atoms with Gasteiger partial charge >= 0.3 is 0 Å². The second-order valence-electron chi connectivity index (χ2n) is 6.80. The molecule has 0 N–H and O–H groups in total. The third kappa shape index (κ3) is 4.78. The second-order valence-corrected chi connectivity index (χ2v) is 7.66. The van der Waals surface area contributed by atoms with Crippen molar-refractivity contribution >= 4 is 22.9 Å². The van der Waals surface area contributed by atoms with Crippen LogP contribution in [0.15, 0.2) is 78.2 Å². The Hall–Kier alpha value is -3.58. The minimum atomic E-state index is -0.907. The van der Waals surface area contributed by atoms with E-state index in [1.165, 1.54) is 17.4 Å². The van der Waals surface area contributed by atoms with Crippen LogP contribution in [0.5, 0.6) is 5.75 Å². The molecule has 0 atom stereocenters. The summed E-state index contributed by atoms with van der Waals surface area (Å²) in [5, 5.41) is 2.41. The molecule has 156 valence electrons. The number of hydrogen-bond acceptors (Lipinski definition) is 4. The van der Waals surface area contributed by atoms with Gasteiger partial charge in [-0.1, -0.05) is 36.4 Å². The van der Waals surface area contributed by atoms with Crippen LogP contribution in [0.1, 0.15) is 16.1 Å². The van der Waals surface area contributed by atoms with Gasteiger partial charge in [0.1, 0.15) is 23.1 Å². The Balaban J connectivity index is 1.47. The van der Waals surface area contributed by atoms with Crippen LogP contribution < -0.4 is 9.64 Å². The monoisotopic (exact) mass is 436 g/mol. The lowest BCUT2D eigenvalue weighted by molar-refractivity contribution is 0.0989. The molecule has 1 amide bonds. The predicted molar refractivity (Wildman–Crippen MR) is 117 cm³/mol. The van der Waals surface area contributed by atoms with Crippen molar-refractivity contribution in [3.8, 4) is 16.3 Å². The zero-order chi connectivity index (χ0) is 21.8. The van der Waals surface area contributed by atoms with Crippen molar-refractivity contribution in [2.24, 2.45) is 0 Å². The van der Waals surface area contributed by atoms with E-state index in [0.29, 0.717) is 22.0 Å². The molecule has 0 fully saturated rings. The number of rotatable bonds is 6. The molecule has 0 spiro atoms. The molecule has 4 aromatic rings. The quantitative estimate of drug-likeness (QED) is 0.375. The fraction of sp³-hybridized carbons (Fsp3) is 0.0833. The molecule has 4 rings (SSSR count). The summed E-state index contributed by atoms with van der Waals surface area (Å²) in [4.78, 5) is 18.8. The topological polar surface area (TPSA) is 42.4 Å². The zero-order valence-corrected chi connectivity index (χ0v) is 17.4. The van der Waals surface area contributed by atoms with E-state index in [1.807, 2.05) is 42.5 Å². The first-order chi connectivity index (χ1) is 15.0. The first-order valence-electron chi connectivity index (χ1n) is 9.47. The van der Waals surface area contributed by atoms with Crippen molar-refractivity contribution in [3.63, 3.8) is 0 Å². The van der Waals surface area contributed by atoms with Gasteiger partial charge in [-0.05, 0) is 42.0 Å². The molecule has 1 heterocycles. The fourth-order valence-electron chi connectivity index (χ4n) is 2.96. The largest absolute Gasteiger partial charge is 0.489 e. The van der Waals surface area contributed by atoms with Crippen molar-refractivity contribution in [2.45, 2.75) is 6.61 Å². The Bertz CT molecular complexity index is 1210. The lowest BCUT2D eigenvalue weighted by atomic mass is 10.2. The number of benzene rings is 3. The van der Waals surface area contributed by atoms with E-state index in [2.05, 4.69) is 4.98 Å². The molecule has 0 saturated heterocycles. The highest BCUT2D eigenvalue weighted by atomic mass is 32.1. The van der Waals surface area contributed by atoms with Crippen LogP contribution in [0, 0.1) is 11.6 Å². The van der Waals surface area contributed by atoms with Crippen LogP contribution in [0.4, 0.5) is 14.5 Å². The van der Waals surface area contributed by atoms with Crippen molar-refractivity contribution in [2.75, 3.05) is 11.9 Å². The number of halogens is 2. The number of carbonyl (C=O) groups is 1. The average Bonchev–Trinajstić information content (AvgIpc) is 3.30. The summed E-state index contributed by atoms with van der Waals surface area (Å²) in [7, 11) is 1.71. The first kappa shape index (κ1) is 20.7. The second kappa shape index (κ2) is 9.06. The summed E-state index contributed by atoms with van der Waals surface area (Å²) in [6.07, 6.45) is 0. The summed E-state index contributed by atoms with van der Waals surface area (Å²) < 4.78 is 32.1. The van der Waals surface area contributed by atoms with Gasteiger partial charge in [-0.25, -0.2) is 13.8 Å². The van der Waals surface area contributed by atoms with Gasteiger partial charge in [0, 0.05) is 23.7 Å². The molecule has 0 unspecified atom stereocenters. The fourth-order valence-corrected chi connectivity index (χ4v) is 3.75. The van der Waals surface area contributed by atoms with Crippen LogP contribution in [0.2, 0.25) is 0 Å². The Labute approximate surface area is 182 Å². The van der Waals surface area contributed by atoms with Crippen molar-refractivity contribution in [1.29, 1.82) is 0 Å². The van der Waals surface area contributed by atoms with Gasteiger partial charge in [0.25, 0.3) is 5.91 Å². The summed E-state index contributed by atoms with van der Waals surface area (Å²) in [5.41, 5.74) is 2.47. The van der Waals surface area contributed by atoms with Crippen LogP contribution >= 0.6 is 11.3 Å². The minimum absolute atomic E-state index is 0.101. The lowest BCUT2D eigenvalue weighted by Gasteiger charge is -2.15. The Morgan fingerprint density at radius 3 is 2.58 bits per heavy atom. The molecular formula is C24H18F2N2O2S. The van der Waals surface area contributed by atoms with Crippen molar-refractivity contribution < 1.29 is 18.3 Å². The number of thiazole rings is 1. The Morgan fingerprint density at radius 2 is 1.81 bits per heavy atom. The van der Waals surface area contributed by atoms with Gasteiger partial charge in [-0.3, -0.25) is 4.79 Å². The molecule has 3 aromatic carbocycles. The van der Waals surface area contributed by atoms with Crippen LogP contribution in [-0.2, 0) is 6.61 Å². The third-order valence-electron chi connectivity index (χ3n) is 4.64. The van der Waals surface area contributed by atoms with Gasteiger partial charge < -0.3 is 9.64 Å². The van der Waals surface area contributed by atoms with Gasteiger partial charge in [0.15, 0.2) is 11.6 Å². The third-order valence-corrected chi connectivity index (χ3v) is 5.53. The molecule has 31 heavy (non-hydrogen) atoms. The minimum Gasteiger partial charge on any atom is -0.489 e. The highest BCUT2D eigenvalue weighted by Crippen LogP contribution is 2.28. The standard InChI is InChI=1S/C24H18F2N2O2S/c1-28(18-7-3-2-4-8-18)24(29)22-15-31-23(27-22)17-6-5-9-19(13-17)30-14-16-10-11-20(25)21(26)12-16/h2-13,15H,14H2,1H3. The summed E-state index contributed by atoms with van der Waals surface area (Å²) in [6, 6.07) is 20.3. The van der Waals surface area contributed by atoms with Gasteiger partial charge in [-0.2, -0.15) is 0 Å². The summed E-state index contributed by atoms with van der Waals surface area (Å²) in [6.45, 7) is 0.101. The van der Waals surface area contributed by atoms with E-state index in [0.717, 1.165) is 23.4 Å². The molecule has 0 bridgehead atoms. The van der Waals surface area contributed by atoms with Crippen LogP contribution in [0.3, 0.4) is 0 Å². The molecule has 1 aromatic heterocycles. The SMILES string of the molecule is CN(C(=O)c1csc(-c2cccc(OCc3ccc(F)c(F)c3)c2)n1)c1ccccc1. The lowest BCUT2D eigenvalue weighted by Crippen LogP contribution is -2.26. The summed E-state index contributed by atoms with van der Waals surface area (Å²) in [5.74, 6) is -1.43. The molecule has 0 saturated carbocycles. The van der Waals surface area contributed by atoms with Crippen molar-refractivity contribution in [1.82, 2.24) is 4.98 Å². The van der Waals surface area contributed by atoms with E-state index >= 15 is 0 Å². The normalized spacial score (nSPS) is 10.7. The van der Waals surface area contributed by atoms with E-state index in [-0.39, 0.29) is 12.5 Å². The molecule has 0 aliphatic rings. The molecular weight excluding hydrogens is 418 g/mol. The first-order valence-corrected chi connectivity index (χ1v) is 10.3.